The van der Waals surface area contributed by atoms with Crippen molar-refractivity contribution in [1.29, 1.82) is 0 Å². The molecule has 8 nitrogen and oxygen atoms in total. The Balaban J connectivity index is 2.44. The number of morpholine rings is 1. The normalized spacial score (nSPS) is 18.9. The van der Waals surface area contributed by atoms with E-state index in [2.05, 4.69) is 15.9 Å². The van der Waals surface area contributed by atoms with Crippen LogP contribution in [0.15, 0.2) is 4.79 Å². The van der Waals surface area contributed by atoms with Crippen LogP contribution in [0, 0.1) is 29.4 Å². The molecule has 0 aromatic carbocycles. The number of H-pyrrole nitrogens is 1. The SMILES string of the molecule is C#C[C@H]1COCCN1c1nc(C)c([N+](=O)[O-])c(=O)[nH]1. The van der Waals surface area contributed by atoms with Crippen molar-refractivity contribution >= 4 is 11.6 Å². The second-order valence-electron chi connectivity index (χ2n) is 4.03. The number of rotatable bonds is 2. The zero-order valence-corrected chi connectivity index (χ0v) is 10.3. The molecule has 0 saturated carbocycles. The van der Waals surface area contributed by atoms with Gasteiger partial charge in [0, 0.05) is 6.54 Å². The van der Waals surface area contributed by atoms with Crippen LogP contribution in [0.4, 0.5) is 11.6 Å². The lowest BCUT2D eigenvalue weighted by molar-refractivity contribution is -0.387. The molecule has 1 N–H and O–H groups in total. The van der Waals surface area contributed by atoms with E-state index in [1.165, 1.54) is 6.92 Å². The van der Waals surface area contributed by atoms with Gasteiger partial charge in [-0.25, -0.2) is 4.98 Å². The molecule has 0 unspecified atom stereocenters. The lowest BCUT2D eigenvalue weighted by atomic mass is 10.2. The summed E-state index contributed by atoms with van der Waals surface area (Å²) in [5.41, 5.74) is -1.27. The predicted molar refractivity (Wildman–Crippen MR) is 67.0 cm³/mol. The van der Waals surface area contributed by atoms with Gasteiger partial charge in [0.15, 0.2) is 0 Å². The number of nitrogens with zero attached hydrogens (tertiary/aromatic N) is 3. The number of hydrogen-bond donors (Lipinski definition) is 1. The highest BCUT2D eigenvalue weighted by Crippen LogP contribution is 2.17. The van der Waals surface area contributed by atoms with Crippen LogP contribution in [0.1, 0.15) is 5.69 Å². The Morgan fingerprint density at radius 1 is 1.68 bits per heavy atom. The zero-order valence-electron chi connectivity index (χ0n) is 10.3. The van der Waals surface area contributed by atoms with Gasteiger partial charge in [-0.3, -0.25) is 19.9 Å². The molecule has 0 bridgehead atoms. The van der Waals surface area contributed by atoms with Gasteiger partial charge in [-0.1, -0.05) is 5.92 Å². The van der Waals surface area contributed by atoms with E-state index in [0.29, 0.717) is 19.8 Å². The van der Waals surface area contributed by atoms with Gasteiger partial charge in [-0.15, -0.1) is 6.42 Å². The average molecular weight is 264 g/mol. The van der Waals surface area contributed by atoms with Gasteiger partial charge in [0.25, 0.3) is 0 Å². The minimum Gasteiger partial charge on any atom is -0.376 e. The van der Waals surface area contributed by atoms with E-state index < -0.39 is 16.2 Å². The van der Waals surface area contributed by atoms with Gasteiger partial charge >= 0.3 is 11.2 Å². The first kappa shape index (κ1) is 13.0. The summed E-state index contributed by atoms with van der Waals surface area (Å²) >= 11 is 0. The number of nitro groups is 1. The fraction of sp³-hybridized carbons (Fsp3) is 0.455. The highest BCUT2D eigenvalue weighted by atomic mass is 16.6. The molecule has 0 amide bonds. The van der Waals surface area contributed by atoms with Crippen LogP contribution in [0.3, 0.4) is 0 Å². The summed E-state index contributed by atoms with van der Waals surface area (Å²) in [5.74, 6) is 2.77. The lowest BCUT2D eigenvalue weighted by Crippen LogP contribution is -2.46. The van der Waals surface area contributed by atoms with Crippen molar-refractivity contribution in [2.75, 3.05) is 24.7 Å². The lowest BCUT2D eigenvalue weighted by Gasteiger charge is -2.32. The Kier molecular flexibility index (Phi) is 3.48. The molecule has 1 aliphatic rings. The first-order chi connectivity index (χ1) is 9.04. The van der Waals surface area contributed by atoms with Crippen LogP contribution in [-0.4, -0.2) is 40.7 Å². The number of aromatic amines is 1. The predicted octanol–water partition coefficient (Wildman–Crippen LogP) is -0.175. The molecule has 8 heteroatoms. The van der Waals surface area contributed by atoms with Crippen molar-refractivity contribution in [3.05, 3.63) is 26.2 Å². The molecule has 19 heavy (non-hydrogen) atoms. The Hall–Kier alpha value is -2.40. The Bertz CT molecular complexity index is 604. The van der Waals surface area contributed by atoms with Crippen molar-refractivity contribution in [3.8, 4) is 12.3 Å². The maximum absolute atomic E-state index is 11.7. The van der Waals surface area contributed by atoms with E-state index in [1.54, 1.807) is 4.90 Å². The first-order valence-corrected chi connectivity index (χ1v) is 5.60. The second-order valence-corrected chi connectivity index (χ2v) is 4.03. The minimum atomic E-state index is -0.783. The van der Waals surface area contributed by atoms with E-state index in [-0.39, 0.29) is 17.7 Å². The molecule has 1 aliphatic heterocycles. The van der Waals surface area contributed by atoms with Crippen LogP contribution in [0.5, 0.6) is 0 Å². The molecule has 1 aromatic heterocycles. The molecule has 1 saturated heterocycles. The van der Waals surface area contributed by atoms with Gasteiger partial charge in [0.05, 0.1) is 18.1 Å². The van der Waals surface area contributed by atoms with Gasteiger partial charge in [0.2, 0.25) is 5.95 Å². The number of hydrogen-bond acceptors (Lipinski definition) is 6. The van der Waals surface area contributed by atoms with Gasteiger partial charge in [0.1, 0.15) is 11.7 Å². The molecule has 2 heterocycles. The summed E-state index contributed by atoms with van der Waals surface area (Å²) in [7, 11) is 0. The van der Waals surface area contributed by atoms with Gasteiger partial charge in [-0.05, 0) is 6.92 Å². The van der Waals surface area contributed by atoms with Crippen molar-refractivity contribution in [2.24, 2.45) is 0 Å². The maximum Gasteiger partial charge on any atom is 0.354 e. The molecule has 1 aromatic rings. The third kappa shape index (κ3) is 2.41. The molecule has 0 aliphatic carbocycles. The monoisotopic (exact) mass is 264 g/mol. The van der Waals surface area contributed by atoms with Crippen molar-refractivity contribution in [2.45, 2.75) is 13.0 Å². The van der Waals surface area contributed by atoms with Crippen molar-refractivity contribution < 1.29 is 9.66 Å². The summed E-state index contributed by atoms with van der Waals surface area (Å²) in [6.07, 6.45) is 5.39. The summed E-state index contributed by atoms with van der Waals surface area (Å²) in [5, 5.41) is 10.7. The fourth-order valence-electron chi connectivity index (χ4n) is 1.91. The van der Waals surface area contributed by atoms with E-state index in [9.17, 15) is 14.9 Å². The molecule has 2 rings (SSSR count). The smallest absolute Gasteiger partial charge is 0.354 e. The van der Waals surface area contributed by atoms with E-state index in [4.69, 9.17) is 11.2 Å². The number of nitrogens with one attached hydrogen (secondary N) is 1. The zero-order chi connectivity index (χ0) is 14.0. The standard InChI is InChI=1S/C11H12N4O4/c1-3-8-6-19-5-4-14(8)11-12-7(2)9(15(17)18)10(16)13-11/h1,8H,4-6H2,2H3,(H,12,13,16)/t8-/m0/s1. The molecule has 0 radical (unpaired) electrons. The summed E-state index contributed by atoms with van der Waals surface area (Å²) in [6.45, 7) is 2.67. The molecule has 0 spiro atoms. The highest BCUT2D eigenvalue weighted by Gasteiger charge is 2.26. The summed E-state index contributed by atoms with van der Waals surface area (Å²) in [6, 6.07) is -0.349. The summed E-state index contributed by atoms with van der Waals surface area (Å²) < 4.78 is 5.23. The van der Waals surface area contributed by atoms with Crippen LogP contribution >= 0.6 is 0 Å². The van der Waals surface area contributed by atoms with Crippen molar-refractivity contribution in [3.63, 3.8) is 0 Å². The quantitative estimate of drug-likeness (QED) is 0.452. The Labute approximate surface area is 108 Å². The third-order valence-electron chi connectivity index (χ3n) is 2.83. The first-order valence-electron chi connectivity index (χ1n) is 5.60. The topological polar surface area (TPSA) is 101 Å². The van der Waals surface area contributed by atoms with Crippen LogP contribution in [-0.2, 0) is 4.74 Å². The average Bonchev–Trinajstić information content (AvgIpc) is 2.37. The highest BCUT2D eigenvalue weighted by molar-refractivity contribution is 5.42. The van der Waals surface area contributed by atoms with Gasteiger partial charge < -0.3 is 9.64 Å². The summed E-state index contributed by atoms with van der Waals surface area (Å²) in [4.78, 5) is 29.8. The molecule has 1 atom stereocenters. The number of aromatic nitrogens is 2. The Morgan fingerprint density at radius 3 is 3.00 bits per heavy atom. The largest absolute Gasteiger partial charge is 0.376 e. The van der Waals surface area contributed by atoms with E-state index in [0.717, 1.165) is 0 Å². The number of terminal acetylenes is 1. The van der Waals surface area contributed by atoms with Crippen LogP contribution in [0.2, 0.25) is 0 Å². The molecular weight excluding hydrogens is 252 g/mol. The van der Waals surface area contributed by atoms with Crippen LogP contribution < -0.4 is 10.5 Å². The minimum absolute atomic E-state index is 0.0611. The third-order valence-corrected chi connectivity index (χ3v) is 2.83. The van der Waals surface area contributed by atoms with Gasteiger partial charge in [-0.2, -0.15) is 0 Å². The van der Waals surface area contributed by atoms with E-state index >= 15 is 0 Å². The molecule has 1 fully saturated rings. The number of ether oxygens (including phenoxy) is 1. The maximum atomic E-state index is 11.7. The van der Waals surface area contributed by atoms with Crippen molar-refractivity contribution in [1.82, 2.24) is 9.97 Å². The van der Waals surface area contributed by atoms with Crippen LogP contribution in [0.25, 0.3) is 0 Å². The van der Waals surface area contributed by atoms with E-state index in [1.807, 2.05) is 0 Å². The Morgan fingerprint density at radius 2 is 2.42 bits per heavy atom. The fourth-order valence-corrected chi connectivity index (χ4v) is 1.91. The molecular formula is C11H12N4O4. The number of aryl methyl sites for hydroxylation is 1. The number of anilines is 1. The molecule has 100 valence electrons. The second kappa shape index (κ2) is 5.07.